The van der Waals surface area contributed by atoms with Crippen LogP contribution in [-0.4, -0.2) is 9.55 Å². The summed E-state index contributed by atoms with van der Waals surface area (Å²) in [5.74, 6) is 0.910. The zero-order valence-corrected chi connectivity index (χ0v) is 51.3. The van der Waals surface area contributed by atoms with Gasteiger partial charge < -0.3 is 10.2 Å². The number of imidazole rings is 1. The minimum absolute atomic E-state index is 0.105. The van der Waals surface area contributed by atoms with Gasteiger partial charge in [-0.2, -0.15) is 0 Å². The molecule has 15 aromatic carbocycles. The molecule has 0 saturated carbocycles. The molecule has 0 fully saturated rings. The molecule has 1 aliphatic heterocycles. The van der Waals surface area contributed by atoms with Gasteiger partial charge in [-0.1, -0.05) is 279 Å². The summed E-state index contributed by atoms with van der Waals surface area (Å²) in [5, 5.41) is 8.68. The summed E-state index contributed by atoms with van der Waals surface area (Å²) in [6, 6.07) is 127. The third-order valence-electron chi connectivity index (χ3n) is 21.1. The Bertz CT molecular complexity index is 5690. The third kappa shape index (κ3) is 7.25. The Kier molecular flexibility index (Phi) is 11.3. The van der Waals surface area contributed by atoms with Crippen molar-refractivity contribution in [3.05, 3.63) is 390 Å². The fourth-order valence-corrected chi connectivity index (χ4v) is 17.3. The van der Waals surface area contributed by atoms with Crippen LogP contribution in [0.15, 0.2) is 340 Å². The number of nitrogens with one attached hydrogen (secondary N) is 1. The quantitative estimate of drug-likeness (QED) is 0.161. The highest BCUT2D eigenvalue weighted by atomic mass is 15.3. The Hall–Kier alpha value is -12.1. The highest BCUT2D eigenvalue weighted by Crippen LogP contribution is 2.68. The van der Waals surface area contributed by atoms with Crippen LogP contribution in [0.5, 0.6) is 0 Å². The Morgan fingerprint density at radius 3 is 1.34 bits per heavy atom. The highest BCUT2D eigenvalue weighted by Gasteiger charge is 2.59. The average molecular weight is 1200 g/mol. The molecular weight excluding hydrogens is 1140 g/mol. The molecular formula is C90H58N4. The van der Waals surface area contributed by atoms with Crippen LogP contribution in [0.1, 0.15) is 56.2 Å². The normalized spacial score (nSPS) is 14.7. The number of fused-ring (bicyclic) bond motifs is 20. The number of benzene rings is 15. The van der Waals surface area contributed by atoms with Gasteiger partial charge in [0.25, 0.3) is 0 Å². The Labute approximate surface area is 545 Å². The zero-order valence-electron chi connectivity index (χ0n) is 51.3. The molecule has 2 heterocycles. The number of aromatic nitrogens is 2. The molecule has 1 unspecified atom stereocenters. The van der Waals surface area contributed by atoms with Gasteiger partial charge in [-0.25, -0.2) is 4.98 Å². The first-order chi connectivity index (χ1) is 46.6. The van der Waals surface area contributed by atoms with Gasteiger partial charge in [0.15, 0.2) is 0 Å². The van der Waals surface area contributed by atoms with Crippen LogP contribution in [0.3, 0.4) is 0 Å². The van der Waals surface area contributed by atoms with E-state index in [0.29, 0.717) is 0 Å². The second kappa shape index (κ2) is 20.2. The molecule has 2 spiro atoms. The molecule has 4 nitrogen and oxygen atoms in total. The molecule has 1 atom stereocenters. The lowest BCUT2D eigenvalue weighted by Crippen LogP contribution is -2.43. The first kappa shape index (κ1) is 52.6. The summed E-state index contributed by atoms with van der Waals surface area (Å²) in [7, 11) is 0. The van der Waals surface area contributed by atoms with E-state index in [1.54, 1.807) is 0 Å². The van der Waals surface area contributed by atoms with Gasteiger partial charge in [-0.05, 0) is 188 Å². The molecule has 4 heteroatoms. The Morgan fingerprint density at radius 1 is 0.298 bits per heavy atom. The molecule has 0 amide bonds. The topological polar surface area (TPSA) is 33.1 Å². The minimum atomic E-state index is -0.622. The number of hydrogen-bond donors (Lipinski definition) is 1. The molecule has 0 bridgehead atoms. The van der Waals surface area contributed by atoms with Crippen molar-refractivity contribution < 1.29 is 0 Å². The fourth-order valence-electron chi connectivity index (χ4n) is 17.3. The molecule has 3 aliphatic carbocycles. The van der Waals surface area contributed by atoms with Gasteiger partial charge in [0.1, 0.15) is 12.0 Å². The van der Waals surface area contributed by atoms with Gasteiger partial charge in [0.2, 0.25) is 0 Å². The molecule has 20 rings (SSSR count). The average Bonchev–Trinajstić information content (AvgIpc) is 1.43. The molecule has 4 aliphatic rings. The van der Waals surface area contributed by atoms with Crippen molar-refractivity contribution >= 4 is 49.6 Å². The number of anilines is 3. The first-order valence-electron chi connectivity index (χ1n) is 32.7. The molecule has 0 radical (unpaired) electrons. The Balaban J connectivity index is 0.822. The largest absolute Gasteiger partial charge is 0.359 e. The summed E-state index contributed by atoms with van der Waals surface area (Å²) in [6.07, 6.45) is -0.105. The first-order valence-corrected chi connectivity index (χ1v) is 32.7. The van der Waals surface area contributed by atoms with Crippen molar-refractivity contribution in [3.8, 4) is 72.7 Å². The standard InChI is InChI=1S/C90H58N4/c1-3-23-63(24-4-1)93-83-41-21-19-39-81(83)91-87(93)59-47-43-57(44-48-59)85-69-31-7-8-32-70(69)86(58-45-49-60(50-46-58)88-92-82-40-20-22-42-84(82)94(88)64-25-5-2-6-26-64)72-55-61(51-53-71(72)85)62-52-54-79-80(56-62)90(75-35-15-11-29-67(75)68-30-12-16-36-76(68)90)78-38-18-17-37-77(78)89(79)73-33-13-9-27-65(73)66-28-10-14-34-74(66)89/h1-56,88,92H. The fraction of sp³-hybridized carbons (Fsp3) is 0.0333. The monoisotopic (exact) mass is 1190 g/mol. The van der Waals surface area contributed by atoms with Crippen LogP contribution in [-0.2, 0) is 10.8 Å². The van der Waals surface area contributed by atoms with Gasteiger partial charge in [0, 0.05) is 16.9 Å². The lowest BCUT2D eigenvalue weighted by Gasteiger charge is -2.49. The minimum Gasteiger partial charge on any atom is -0.359 e. The second-order valence-electron chi connectivity index (χ2n) is 25.6. The van der Waals surface area contributed by atoms with E-state index < -0.39 is 10.8 Å². The van der Waals surface area contributed by atoms with E-state index in [2.05, 4.69) is 355 Å². The summed E-state index contributed by atoms with van der Waals surface area (Å²) in [4.78, 5) is 7.71. The van der Waals surface area contributed by atoms with E-state index in [-0.39, 0.29) is 6.17 Å². The lowest BCUT2D eigenvalue weighted by molar-refractivity contribution is 0.633. The van der Waals surface area contributed by atoms with E-state index in [0.717, 1.165) is 61.9 Å². The number of hydrogen-bond acceptors (Lipinski definition) is 3. The molecule has 0 saturated heterocycles. The number of nitrogens with zero attached hydrogens (tertiary/aromatic N) is 3. The summed E-state index contributed by atoms with van der Waals surface area (Å²) in [6.45, 7) is 0. The van der Waals surface area contributed by atoms with Crippen LogP contribution in [0, 0.1) is 0 Å². The van der Waals surface area contributed by atoms with E-state index in [4.69, 9.17) is 4.98 Å². The maximum atomic E-state index is 5.29. The van der Waals surface area contributed by atoms with Crippen molar-refractivity contribution in [1.29, 1.82) is 0 Å². The zero-order chi connectivity index (χ0) is 61.6. The molecule has 16 aromatic rings. The molecule has 94 heavy (non-hydrogen) atoms. The van der Waals surface area contributed by atoms with E-state index >= 15 is 0 Å². The lowest BCUT2D eigenvalue weighted by atomic mass is 9.52. The van der Waals surface area contributed by atoms with Crippen molar-refractivity contribution in [3.63, 3.8) is 0 Å². The van der Waals surface area contributed by atoms with E-state index in [1.807, 2.05) is 0 Å². The van der Waals surface area contributed by atoms with Crippen molar-refractivity contribution in [2.75, 3.05) is 10.2 Å². The van der Waals surface area contributed by atoms with Crippen LogP contribution >= 0.6 is 0 Å². The summed E-state index contributed by atoms with van der Waals surface area (Å²) >= 11 is 0. The van der Waals surface area contributed by atoms with Gasteiger partial charge >= 0.3 is 0 Å². The smallest absolute Gasteiger partial charge is 0.145 e. The molecule has 1 N–H and O–H groups in total. The maximum absolute atomic E-state index is 5.29. The second-order valence-corrected chi connectivity index (χ2v) is 25.6. The van der Waals surface area contributed by atoms with Crippen molar-refractivity contribution in [2.45, 2.75) is 17.0 Å². The maximum Gasteiger partial charge on any atom is 0.145 e. The van der Waals surface area contributed by atoms with Crippen LogP contribution in [0.2, 0.25) is 0 Å². The van der Waals surface area contributed by atoms with Gasteiger partial charge in [-0.3, -0.25) is 4.57 Å². The Morgan fingerprint density at radius 2 is 0.723 bits per heavy atom. The molecule has 1 aromatic heterocycles. The van der Waals surface area contributed by atoms with E-state index in [1.165, 1.54) is 111 Å². The number of para-hydroxylation sites is 6. The highest BCUT2D eigenvalue weighted by molar-refractivity contribution is 6.22. The van der Waals surface area contributed by atoms with Crippen LogP contribution < -0.4 is 10.2 Å². The number of rotatable bonds is 7. The third-order valence-corrected chi connectivity index (χ3v) is 21.1. The summed E-state index contributed by atoms with van der Waals surface area (Å²) < 4.78 is 2.29. The predicted octanol–water partition coefficient (Wildman–Crippen LogP) is 22.3. The summed E-state index contributed by atoms with van der Waals surface area (Å²) in [5.41, 5.74) is 30.4. The SMILES string of the molecule is c1ccc(N2c3ccccc3NC2c2ccc(-c3c4ccccc4c(-c4ccc(-c5nc6ccccc6n5-c5ccccc5)cc4)c4ccc(-c5ccc6c(c5)C5(c7ccccc7-c7ccccc75)c5ccccc5C65c6ccccc6-c6ccccc65)cc34)cc2)cc1. The van der Waals surface area contributed by atoms with Gasteiger partial charge in [0.05, 0.1) is 33.2 Å². The van der Waals surface area contributed by atoms with Crippen LogP contribution in [0.25, 0.3) is 105 Å². The van der Waals surface area contributed by atoms with Crippen molar-refractivity contribution in [2.24, 2.45) is 0 Å². The van der Waals surface area contributed by atoms with E-state index in [9.17, 15) is 0 Å². The van der Waals surface area contributed by atoms with Crippen molar-refractivity contribution in [1.82, 2.24) is 9.55 Å². The van der Waals surface area contributed by atoms with Crippen LogP contribution in [0.4, 0.5) is 17.1 Å². The molecule has 438 valence electrons. The predicted molar refractivity (Wildman–Crippen MR) is 387 cm³/mol. The van der Waals surface area contributed by atoms with Gasteiger partial charge in [-0.15, -0.1) is 0 Å².